The molecule has 0 saturated heterocycles. The zero-order chi connectivity index (χ0) is 35.0. The summed E-state index contributed by atoms with van der Waals surface area (Å²) in [6, 6.07) is 8.87. The molecule has 48 heavy (non-hydrogen) atoms. The molecule has 1 aliphatic carbocycles. The third kappa shape index (κ3) is 7.58. The van der Waals surface area contributed by atoms with Gasteiger partial charge in [0.15, 0.2) is 0 Å². The van der Waals surface area contributed by atoms with Crippen molar-refractivity contribution in [2.75, 3.05) is 37.3 Å². The molecule has 1 aromatic heterocycles. The van der Waals surface area contributed by atoms with Gasteiger partial charge in [0, 0.05) is 42.3 Å². The van der Waals surface area contributed by atoms with Gasteiger partial charge in [-0.1, -0.05) is 11.6 Å². The molecule has 1 atom stereocenters. The summed E-state index contributed by atoms with van der Waals surface area (Å²) in [7, 11) is -0.987. The first-order valence-corrected chi connectivity index (χ1v) is 17.3. The van der Waals surface area contributed by atoms with Crippen LogP contribution in [-0.2, 0) is 21.2 Å². The lowest BCUT2D eigenvalue weighted by molar-refractivity contribution is 0.0298. The molecule has 5 rings (SSSR count). The number of hydrogen-bond acceptors (Lipinski definition) is 9. The zero-order valence-corrected chi connectivity index (χ0v) is 29.2. The van der Waals surface area contributed by atoms with Crippen LogP contribution in [0.5, 0.6) is 5.75 Å². The summed E-state index contributed by atoms with van der Waals surface area (Å²) in [4.78, 5) is 22.7. The van der Waals surface area contributed by atoms with Crippen LogP contribution < -0.4 is 14.8 Å². The fourth-order valence-corrected chi connectivity index (χ4v) is 7.40. The fraction of sp³-hybridized carbons (Fsp3) is 0.382. The molecule has 0 aliphatic heterocycles. The number of ether oxygens (including phenoxy) is 2. The van der Waals surface area contributed by atoms with Crippen LogP contribution in [0, 0.1) is 12.7 Å². The first-order chi connectivity index (χ1) is 22.6. The number of aliphatic hydroxyl groups excluding tert-OH is 1. The molecule has 1 heterocycles. The second kappa shape index (κ2) is 13.7. The largest absolute Gasteiger partial charge is 0.494 e. The highest BCUT2D eigenvalue weighted by atomic mass is 35.5. The standard InChI is InChI=1S/C34H39ClFN5O6S/c1-19-26(40-48(44,45)29-17-22(35)16-24-23(29)8-11-27(24)42)10-9-25(36)30(19)20-14-21-18-38-32(39-31(21)28(15-20)46-6)37-12-7-13-41(5)33(43)47-34(2,3)4/h9-10,14-18,27,40,42H,7-8,11-13H2,1-6H3,(H,37,38,39)/t27-/m1/s1. The van der Waals surface area contributed by atoms with E-state index in [0.29, 0.717) is 77.2 Å². The van der Waals surface area contributed by atoms with Gasteiger partial charge >= 0.3 is 6.09 Å². The SMILES string of the molecule is COc1cc(-c2c(F)ccc(NS(=O)(=O)c3cc(Cl)cc4c3CC[C@H]4O)c2C)cc2cnc(NCCCN(C)C(=O)OC(C)(C)C)nc12. The number of benzene rings is 3. The predicted molar refractivity (Wildman–Crippen MR) is 184 cm³/mol. The molecule has 3 aromatic carbocycles. The Morgan fingerprint density at radius 2 is 1.96 bits per heavy atom. The Balaban J connectivity index is 1.37. The second-order valence-corrected chi connectivity index (χ2v) is 14.8. The number of aliphatic hydroxyl groups is 1. The van der Waals surface area contributed by atoms with Crippen molar-refractivity contribution < 1.29 is 32.2 Å². The van der Waals surface area contributed by atoms with Crippen molar-refractivity contribution in [2.45, 2.75) is 63.6 Å². The van der Waals surface area contributed by atoms with Gasteiger partial charge in [-0.3, -0.25) is 4.72 Å². The molecule has 256 valence electrons. The van der Waals surface area contributed by atoms with Crippen molar-refractivity contribution in [3.8, 4) is 16.9 Å². The lowest BCUT2D eigenvalue weighted by atomic mass is 9.97. The minimum absolute atomic E-state index is 0.0178. The summed E-state index contributed by atoms with van der Waals surface area (Å²) < 4.78 is 56.3. The first kappa shape index (κ1) is 35.1. The van der Waals surface area contributed by atoms with Crippen molar-refractivity contribution >= 4 is 50.3 Å². The Morgan fingerprint density at radius 3 is 2.67 bits per heavy atom. The van der Waals surface area contributed by atoms with Crippen molar-refractivity contribution in [2.24, 2.45) is 0 Å². The monoisotopic (exact) mass is 699 g/mol. The highest BCUT2D eigenvalue weighted by molar-refractivity contribution is 7.92. The maximum Gasteiger partial charge on any atom is 0.410 e. The van der Waals surface area contributed by atoms with E-state index in [1.165, 1.54) is 30.2 Å². The number of methoxy groups -OCH3 is 1. The molecular weight excluding hydrogens is 661 g/mol. The van der Waals surface area contributed by atoms with Crippen molar-refractivity contribution in [1.82, 2.24) is 14.9 Å². The molecule has 0 bridgehead atoms. The zero-order valence-electron chi connectivity index (χ0n) is 27.6. The third-order valence-electron chi connectivity index (χ3n) is 8.00. The quantitative estimate of drug-likeness (QED) is 0.151. The number of amides is 1. The highest BCUT2D eigenvalue weighted by Crippen LogP contribution is 2.40. The number of fused-ring (bicyclic) bond motifs is 2. The molecule has 11 nitrogen and oxygen atoms in total. The molecule has 1 aliphatic rings. The Morgan fingerprint density at radius 1 is 1.21 bits per heavy atom. The summed E-state index contributed by atoms with van der Waals surface area (Å²) in [5, 5.41) is 14.2. The summed E-state index contributed by atoms with van der Waals surface area (Å²) >= 11 is 6.22. The van der Waals surface area contributed by atoms with Crippen LogP contribution in [0.3, 0.4) is 0 Å². The Bertz CT molecular complexity index is 1990. The molecule has 14 heteroatoms. The summed E-state index contributed by atoms with van der Waals surface area (Å²) in [5.41, 5.74) is 2.09. The van der Waals surface area contributed by atoms with Crippen molar-refractivity contribution in [1.29, 1.82) is 0 Å². The number of nitrogens with zero attached hydrogens (tertiary/aromatic N) is 3. The Labute approximate surface area is 284 Å². The number of rotatable bonds is 10. The van der Waals surface area contributed by atoms with Crippen LogP contribution in [-0.4, -0.2) is 67.3 Å². The van der Waals surface area contributed by atoms with E-state index < -0.39 is 33.6 Å². The predicted octanol–water partition coefficient (Wildman–Crippen LogP) is 6.86. The maximum atomic E-state index is 15.5. The van der Waals surface area contributed by atoms with Gasteiger partial charge in [-0.15, -0.1) is 0 Å². The Hall–Kier alpha value is -4.20. The van der Waals surface area contributed by atoms with Gasteiger partial charge in [0.1, 0.15) is 22.7 Å². The number of nitrogens with one attached hydrogen (secondary N) is 2. The van der Waals surface area contributed by atoms with E-state index in [0.717, 1.165) is 0 Å². The van der Waals surface area contributed by atoms with Gasteiger partial charge in [-0.05, 0) is 106 Å². The minimum Gasteiger partial charge on any atom is -0.494 e. The van der Waals surface area contributed by atoms with E-state index in [1.54, 1.807) is 38.4 Å². The van der Waals surface area contributed by atoms with Crippen molar-refractivity contribution in [3.63, 3.8) is 0 Å². The van der Waals surface area contributed by atoms with Gasteiger partial charge in [-0.25, -0.2) is 27.6 Å². The second-order valence-electron chi connectivity index (χ2n) is 12.7. The number of carbonyl (C=O) groups excluding carboxylic acids is 1. The van der Waals surface area contributed by atoms with Gasteiger partial charge < -0.3 is 24.8 Å². The molecule has 0 spiro atoms. The molecule has 0 unspecified atom stereocenters. The van der Waals surface area contributed by atoms with E-state index >= 15 is 4.39 Å². The van der Waals surface area contributed by atoms with Crippen LogP contribution in [0.25, 0.3) is 22.0 Å². The summed E-state index contributed by atoms with van der Waals surface area (Å²) in [6.45, 7) is 8.03. The van der Waals surface area contributed by atoms with Crippen LogP contribution >= 0.6 is 11.6 Å². The Kier molecular flexibility index (Phi) is 10.0. The number of halogens is 2. The fourth-order valence-electron chi connectivity index (χ4n) is 5.66. The molecule has 1 amide bonds. The van der Waals surface area contributed by atoms with Crippen LogP contribution in [0.4, 0.5) is 20.8 Å². The molecule has 0 radical (unpaired) electrons. The average molecular weight is 700 g/mol. The minimum atomic E-state index is -4.14. The highest BCUT2D eigenvalue weighted by Gasteiger charge is 2.30. The van der Waals surface area contributed by atoms with Gasteiger partial charge in [0.25, 0.3) is 10.0 Å². The van der Waals surface area contributed by atoms with Gasteiger partial charge in [0.2, 0.25) is 5.95 Å². The van der Waals surface area contributed by atoms with Gasteiger partial charge in [-0.2, -0.15) is 0 Å². The summed E-state index contributed by atoms with van der Waals surface area (Å²) in [5.74, 6) is 0.168. The van der Waals surface area contributed by atoms with Crippen molar-refractivity contribution in [3.05, 3.63) is 70.1 Å². The van der Waals surface area contributed by atoms with Crippen LogP contribution in [0.2, 0.25) is 5.02 Å². The lowest BCUT2D eigenvalue weighted by Crippen LogP contribution is -2.35. The lowest BCUT2D eigenvalue weighted by Gasteiger charge is -2.24. The molecular formula is C34H39ClFN5O6S. The molecule has 3 N–H and O–H groups in total. The third-order valence-corrected chi connectivity index (χ3v) is 9.65. The smallest absolute Gasteiger partial charge is 0.410 e. The van der Waals surface area contributed by atoms with Gasteiger partial charge in [0.05, 0.1) is 23.8 Å². The van der Waals surface area contributed by atoms with Crippen LogP contribution in [0.15, 0.2) is 47.5 Å². The topological polar surface area (TPSA) is 143 Å². The van der Waals surface area contributed by atoms with E-state index in [9.17, 15) is 18.3 Å². The molecule has 4 aromatic rings. The number of hydrogen-bond donors (Lipinski definition) is 3. The number of carbonyl (C=O) groups is 1. The van der Waals surface area contributed by atoms with E-state index in [4.69, 9.17) is 21.1 Å². The number of anilines is 2. The molecule has 0 saturated carbocycles. The first-order valence-electron chi connectivity index (χ1n) is 15.4. The molecule has 0 fully saturated rings. The van der Waals surface area contributed by atoms with Crippen LogP contribution in [0.1, 0.15) is 56.4 Å². The summed E-state index contributed by atoms with van der Waals surface area (Å²) in [6.07, 6.45) is 1.81. The normalized spacial score (nSPS) is 14.5. The number of sulfonamides is 1. The van der Waals surface area contributed by atoms with E-state index in [2.05, 4.69) is 20.0 Å². The van der Waals surface area contributed by atoms with E-state index in [1.807, 2.05) is 20.8 Å². The number of aromatic nitrogens is 2. The average Bonchev–Trinajstić information content (AvgIpc) is 3.38. The van der Waals surface area contributed by atoms with E-state index in [-0.39, 0.29) is 21.2 Å². The maximum absolute atomic E-state index is 15.5.